The molecule has 0 bridgehead atoms. The molecule has 0 spiro atoms. The van der Waals surface area contributed by atoms with Crippen molar-refractivity contribution in [3.63, 3.8) is 0 Å². The molecule has 8 heteroatoms. The minimum atomic E-state index is -0.319. The van der Waals surface area contributed by atoms with E-state index in [1.807, 2.05) is 61.0 Å². The van der Waals surface area contributed by atoms with E-state index >= 15 is 0 Å². The maximum Gasteiger partial charge on any atom is 0.229 e. The van der Waals surface area contributed by atoms with E-state index in [9.17, 15) is 0 Å². The van der Waals surface area contributed by atoms with Crippen LogP contribution in [0.4, 0.5) is 17.5 Å². The Balaban J connectivity index is 0.00000342. The molecule has 3 aromatic rings. The van der Waals surface area contributed by atoms with Crippen LogP contribution in [0.1, 0.15) is 27.9 Å². The second-order valence-corrected chi connectivity index (χ2v) is 8.58. The number of aryl methyl sites for hydroxylation is 1. The van der Waals surface area contributed by atoms with Crippen LogP contribution in [-0.4, -0.2) is 38.8 Å². The average Bonchev–Trinajstić information content (AvgIpc) is 3.24. The van der Waals surface area contributed by atoms with Crippen LogP contribution in [0.3, 0.4) is 0 Å². The van der Waals surface area contributed by atoms with Gasteiger partial charge in [0.2, 0.25) is 5.95 Å². The molecule has 0 saturated heterocycles. The van der Waals surface area contributed by atoms with E-state index in [0.29, 0.717) is 29.9 Å². The SMILES string of the molecule is C=C/C=C(\C=C/C)N1c2nc(Nc3ccc(-n4cnc(C)c4)c(OC)c3)ncc2OCC1(C)C.[HH]. The first-order chi connectivity index (χ1) is 16.4. The summed E-state index contributed by atoms with van der Waals surface area (Å²) in [5, 5.41) is 3.30. The van der Waals surface area contributed by atoms with Crippen LogP contribution in [-0.2, 0) is 0 Å². The Kier molecular flexibility index (Phi) is 6.40. The first-order valence-corrected chi connectivity index (χ1v) is 11.1. The predicted octanol–water partition coefficient (Wildman–Crippen LogP) is 5.59. The van der Waals surface area contributed by atoms with Gasteiger partial charge in [-0.1, -0.05) is 18.7 Å². The first-order valence-electron chi connectivity index (χ1n) is 11.1. The van der Waals surface area contributed by atoms with E-state index in [0.717, 1.165) is 22.8 Å². The lowest BCUT2D eigenvalue weighted by Gasteiger charge is -2.43. The lowest BCUT2D eigenvalue weighted by molar-refractivity contribution is 0.217. The molecular weight excluding hydrogens is 428 g/mol. The van der Waals surface area contributed by atoms with Crippen molar-refractivity contribution < 1.29 is 10.9 Å². The molecule has 34 heavy (non-hydrogen) atoms. The molecule has 178 valence electrons. The molecule has 0 fully saturated rings. The molecule has 8 nitrogen and oxygen atoms in total. The molecule has 0 aliphatic carbocycles. The van der Waals surface area contributed by atoms with Crippen LogP contribution in [0.2, 0.25) is 0 Å². The number of imidazole rings is 1. The normalized spacial score (nSPS) is 15.1. The number of nitrogens with one attached hydrogen (secondary N) is 1. The van der Waals surface area contributed by atoms with Crippen LogP contribution in [0.15, 0.2) is 73.5 Å². The highest BCUT2D eigenvalue weighted by Crippen LogP contribution is 2.40. The Morgan fingerprint density at radius 3 is 2.82 bits per heavy atom. The minimum absolute atomic E-state index is 0. The molecule has 1 aromatic carbocycles. The van der Waals surface area contributed by atoms with E-state index in [4.69, 9.17) is 14.5 Å². The lowest BCUT2D eigenvalue weighted by atomic mass is 10.0. The summed E-state index contributed by atoms with van der Waals surface area (Å²) < 4.78 is 13.5. The number of allylic oxidation sites excluding steroid dienone is 4. The number of aromatic nitrogens is 4. The average molecular weight is 461 g/mol. The molecule has 0 amide bonds. The summed E-state index contributed by atoms with van der Waals surface area (Å²) in [6.45, 7) is 12.6. The van der Waals surface area contributed by atoms with Crippen LogP contribution >= 0.6 is 0 Å². The van der Waals surface area contributed by atoms with Gasteiger partial charge in [0.1, 0.15) is 12.4 Å². The van der Waals surface area contributed by atoms with Crippen LogP contribution < -0.4 is 19.7 Å². The fourth-order valence-electron chi connectivity index (χ4n) is 3.91. The number of ether oxygens (including phenoxy) is 2. The highest BCUT2D eigenvalue weighted by atomic mass is 16.5. The molecule has 2 aromatic heterocycles. The van der Waals surface area contributed by atoms with Gasteiger partial charge >= 0.3 is 0 Å². The Labute approximate surface area is 201 Å². The van der Waals surface area contributed by atoms with Gasteiger partial charge in [0, 0.05) is 25.1 Å². The summed E-state index contributed by atoms with van der Waals surface area (Å²) in [4.78, 5) is 15.8. The Bertz CT molecular complexity index is 1260. The van der Waals surface area contributed by atoms with Crippen molar-refractivity contribution >= 4 is 17.5 Å². The number of fused-ring (bicyclic) bond motifs is 1. The topological polar surface area (TPSA) is 77.3 Å². The molecule has 3 heterocycles. The fourth-order valence-corrected chi connectivity index (χ4v) is 3.91. The third-order valence-corrected chi connectivity index (χ3v) is 5.44. The number of methoxy groups -OCH3 is 1. The van der Waals surface area contributed by atoms with E-state index < -0.39 is 0 Å². The summed E-state index contributed by atoms with van der Waals surface area (Å²) in [7, 11) is 1.65. The third kappa shape index (κ3) is 4.52. The summed E-state index contributed by atoms with van der Waals surface area (Å²) in [5.74, 6) is 2.48. The van der Waals surface area contributed by atoms with Gasteiger partial charge in [-0.15, -0.1) is 0 Å². The van der Waals surface area contributed by atoms with Gasteiger partial charge in [-0.25, -0.2) is 9.97 Å². The highest BCUT2D eigenvalue weighted by Gasteiger charge is 2.37. The zero-order chi connectivity index (χ0) is 24.3. The van der Waals surface area contributed by atoms with Crippen LogP contribution in [0.25, 0.3) is 5.69 Å². The van der Waals surface area contributed by atoms with Crippen molar-refractivity contribution in [2.45, 2.75) is 33.2 Å². The van der Waals surface area contributed by atoms with Crippen molar-refractivity contribution in [3.8, 4) is 17.2 Å². The Hall–Kier alpha value is -4.07. The maximum absolute atomic E-state index is 5.98. The van der Waals surface area contributed by atoms with Crippen LogP contribution in [0, 0.1) is 6.92 Å². The van der Waals surface area contributed by atoms with Crippen molar-refractivity contribution in [1.82, 2.24) is 19.5 Å². The summed E-state index contributed by atoms with van der Waals surface area (Å²) in [6, 6.07) is 5.84. The first kappa shape index (κ1) is 23.1. The zero-order valence-corrected chi connectivity index (χ0v) is 20.2. The predicted molar refractivity (Wildman–Crippen MR) is 137 cm³/mol. The monoisotopic (exact) mass is 460 g/mol. The molecular formula is C26H32N6O2. The molecule has 0 unspecified atom stereocenters. The molecule has 0 radical (unpaired) electrons. The van der Waals surface area contributed by atoms with Gasteiger partial charge in [0.05, 0.1) is 36.6 Å². The largest absolute Gasteiger partial charge is 0.494 e. The van der Waals surface area contributed by atoms with Gasteiger partial charge in [-0.05, 0) is 52.0 Å². The molecule has 1 N–H and O–H groups in total. The molecule has 1 aliphatic rings. The molecule has 4 rings (SSSR count). The van der Waals surface area contributed by atoms with Crippen molar-refractivity contribution in [3.05, 3.63) is 79.2 Å². The smallest absolute Gasteiger partial charge is 0.229 e. The van der Waals surface area contributed by atoms with Crippen molar-refractivity contribution in [1.29, 1.82) is 0 Å². The number of anilines is 3. The fraction of sp³-hybridized carbons (Fsp3) is 0.269. The van der Waals surface area contributed by atoms with Crippen molar-refractivity contribution in [2.24, 2.45) is 0 Å². The van der Waals surface area contributed by atoms with Crippen LogP contribution in [0.5, 0.6) is 11.5 Å². The zero-order valence-electron chi connectivity index (χ0n) is 20.2. The number of hydrogen-bond donors (Lipinski definition) is 1. The summed E-state index contributed by atoms with van der Waals surface area (Å²) >= 11 is 0. The van der Waals surface area contributed by atoms with Gasteiger partial charge < -0.3 is 24.3 Å². The molecule has 0 atom stereocenters. The summed E-state index contributed by atoms with van der Waals surface area (Å²) in [6.07, 6.45) is 13.2. The quantitative estimate of drug-likeness (QED) is 0.460. The molecule has 1 aliphatic heterocycles. The van der Waals surface area contributed by atoms with E-state index in [1.54, 1.807) is 25.7 Å². The number of nitrogens with zero attached hydrogens (tertiary/aromatic N) is 5. The van der Waals surface area contributed by atoms with Crippen molar-refractivity contribution in [2.75, 3.05) is 23.9 Å². The molecule has 0 saturated carbocycles. The standard InChI is InChI=1S/C26H30N6O2.H2/c1-7-9-20(10-8-2)32-24-23(34-16-26(32,4)5)14-27-25(30-24)29-19-11-12-21(22(13-19)33-6)31-15-18(3)28-17-31;/h7-15,17H,1,16H2,2-6H3,(H,27,29,30);1H/b10-8-,20-9+;. The Morgan fingerprint density at radius 1 is 1.32 bits per heavy atom. The summed E-state index contributed by atoms with van der Waals surface area (Å²) in [5.41, 5.74) is 3.28. The van der Waals surface area contributed by atoms with Gasteiger partial charge in [0.25, 0.3) is 0 Å². The van der Waals surface area contributed by atoms with Gasteiger partial charge in [0.15, 0.2) is 11.6 Å². The second-order valence-electron chi connectivity index (χ2n) is 8.58. The number of rotatable bonds is 7. The Morgan fingerprint density at radius 2 is 2.15 bits per heavy atom. The lowest BCUT2D eigenvalue weighted by Crippen LogP contribution is -2.51. The van der Waals surface area contributed by atoms with E-state index in [1.165, 1.54) is 0 Å². The highest BCUT2D eigenvalue weighted by molar-refractivity contribution is 5.67. The van der Waals surface area contributed by atoms with Gasteiger partial charge in [-0.2, -0.15) is 4.98 Å². The number of hydrogen-bond acceptors (Lipinski definition) is 7. The second kappa shape index (κ2) is 9.43. The number of benzene rings is 1. The third-order valence-electron chi connectivity index (χ3n) is 5.44. The minimum Gasteiger partial charge on any atom is -0.494 e. The maximum atomic E-state index is 5.98. The van der Waals surface area contributed by atoms with Gasteiger partial charge in [-0.3, -0.25) is 0 Å². The van der Waals surface area contributed by atoms with E-state index in [2.05, 4.69) is 40.6 Å². The van der Waals surface area contributed by atoms with E-state index in [-0.39, 0.29) is 6.97 Å².